The lowest BCUT2D eigenvalue weighted by molar-refractivity contribution is 0.311. The monoisotopic (exact) mass is 432 g/mol. The van der Waals surface area contributed by atoms with E-state index >= 15 is 0 Å². The first-order valence-electron chi connectivity index (χ1n) is 10.4. The maximum absolute atomic E-state index is 6.67. The SMILES string of the molecule is CN(C)Cc1ccc(-c2[nH]c3nccc(Cl)c3c2-c2ccc3c(c2)N(C)CCO3)cc1. The number of nitrogens with zero attached hydrogens (tertiary/aromatic N) is 3. The van der Waals surface area contributed by atoms with E-state index in [9.17, 15) is 0 Å². The van der Waals surface area contributed by atoms with Gasteiger partial charge in [0.1, 0.15) is 18.0 Å². The summed E-state index contributed by atoms with van der Waals surface area (Å²) in [6.07, 6.45) is 1.74. The number of nitrogens with one attached hydrogen (secondary N) is 1. The minimum atomic E-state index is 0.689. The molecule has 0 saturated carbocycles. The summed E-state index contributed by atoms with van der Waals surface area (Å²) in [6, 6.07) is 16.9. The van der Waals surface area contributed by atoms with Crippen molar-refractivity contribution in [3.63, 3.8) is 0 Å². The molecule has 0 spiro atoms. The van der Waals surface area contributed by atoms with Gasteiger partial charge in [-0.3, -0.25) is 0 Å². The third-order valence-electron chi connectivity index (χ3n) is 5.73. The van der Waals surface area contributed by atoms with E-state index in [4.69, 9.17) is 16.3 Å². The van der Waals surface area contributed by atoms with Gasteiger partial charge in [0.05, 0.1) is 22.9 Å². The lowest BCUT2D eigenvalue weighted by Gasteiger charge is -2.28. The van der Waals surface area contributed by atoms with Crippen LogP contribution in [0.3, 0.4) is 0 Å². The highest BCUT2D eigenvalue weighted by Crippen LogP contribution is 2.43. The third kappa shape index (κ3) is 3.64. The number of pyridine rings is 1. The van der Waals surface area contributed by atoms with E-state index in [1.54, 1.807) is 6.20 Å². The molecule has 0 unspecified atom stereocenters. The molecule has 0 bridgehead atoms. The number of hydrogen-bond acceptors (Lipinski definition) is 4. The van der Waals surface area contributed by atoms with Crippen LogP contribution < -0.4 is 9.64 Å². The fraction of sp³-hybridized carbons (Fsp3) is 0.240. The first-order valence-corrected chi connectivity index (χ1v) is 10.8. The largest absolute Gasteiger partial charge is 0.490 e. The second-order valence-electron chi connectivity index (χ2n) is 8.28. The molecular weight excluding hydrogens is 408 g/mol. The zero-order chi connectivity index (χ0) is 21.5. The lowest BCUT2D eigenvalue weighted by Crippen LogP contribution is -2.28. The predicted octanol–water partition coefficient (Wildman–Crippen LogP) is 5.44. The quantitative estimate of drug-likeness (QED) is 0.466. The Balaban J connectivity index is 1.70. The van der Waals surface area contributed by atoms with E-state index < -0.39 is 0 Å². The summed E-state index contributed by atoms with van der Waals surface area (Å²) in [6.45, 7) is 2.48. The molecule has 2 aromatic carbocycles. The number of likely N-dealkylation sites (N-methyl/N-ethyl adjacent to an activating group) is 1. The Morgan fingerprint density at radius 2 is 1.87 bits per heavy atom. The number of fused-ring (bicyclic) bond motifs is 2. The maximum Gasteiger partial charge on any atom is 0.142 e. The summed E-state index contributed by atoms with van der Waals surface area (Å²) in [5.74, 6) is 0.913. The molecule has 158 valence electrons. The average molecular weight is 433 g/mol. The molecule has 6 heteroatoms. The van der Waals surface area contributed by atoms with Crippen molar-refractivity contribution in [2.75, 3.05) is 39.2 Å². The van der Waals surface area contributed by atoms with Crippen LogP contribution in [0.2, 0.25) is 5.02 Å². The Hall–Kier alpha value is -3.02. The van der Waals surface area contributed by atoms with Gasteiger partial charge >= 0.3 is 0 Å². The molecule has 0 radical (unpaired) electrons. The standard InChI is InChI=1S/C25H25ClN4O/c1-29(2)15-16-4-6-17(7-5-16)24-22(23-19(26)10-11-27-25(23)28-24)18-8-9-21-20(14-18)30(3)12-13-31-21/h4-11,14H,12-13,15H2,1-3H3,(H,27,28). The van der Waals surface area contributed by atoms with Crippen molar-refractivity contribution in [3.05, 3.63) is 65.3 Å². The first kappa shape index (κ1) is 19.9. The van der Waals surface area contributed by atoms with Crippen LogP contribution in [-0.2, 0) is 6.54 Å². The van der Waals surface area contributed by atoms with E-state index in [1.165, 1.54) is 5.56 Å². The van der Waals surface area contributed by atoms with Crippen molar-refractivity contribution < 1.29 is 4.74 Å². The molecule has 0 amide bonds. The van der Waals surface area contributed by atoms with Gasteiger partial charge in [-0.15, -0.1) is 0 Å². The van der Waals surface area contributed by atoms with Crippen LogP contribution in [0.1, 0.15) is 5.56 Å². The highest BCUT2D eigenvalue weighted by Gasteiger charge is 2.21. The van der Waals surface area contributed by atoms with E-state index in [0.717, 1.165) is 57.9 Å². The predicted molar refractivity (Wildman–Crippen MR) is 128 cm³/mol. The first-order chi connectivity index (χ1) is 15.0. The summed E-state index contributed by atoms with van der Waals surface area (Å²) >= 11 is 6.67. The van der Waals surface area contributed by atoms with Gasteiger partial charge < -0.3 is 19.5 Å². The summed E-state index contributed by atoms with van der Waals surface area (Å²) in [5.41, 5.74) is 7.43. The van der Waals surface area contributed by atoms with Gasteiger partial charge in [0.15, 0.2) is 0 Å². The molecule has 4 aromatic rings. The Labute approximate surface area is 187 Å². The number of halogens is 1. The normalized spacial score (nSPS) is 13.5. The van der Waals surface area contributed by atoms with Crippen LogP contribution in [0.5, 0.6) is 5.75 Å². The van der Waals surface area contributed by atoms with Crippen LogP contribution in [0.15, 0.2) is 54.7 Å². The second kappa shape index (κ2) is 7.91. The molecule has 0 saturated heterocycles. The molecular formula is C25H25ClN4O. The zero-order valence-electron chi connectivity index (χ0n) is 17.9. The number of anilines is 1. The second-order valence-corrected chi connectivity index (χ2v) is 8.69. The highest BCUT2D eigenvalue weighted by molar-refractivity contribution is 6.36. The van der Waals surface area contributed by atoms with Gasteiger partial charge in [-0.1, -0.05) is 41.9 Å². The van der Waals surface area contributed by atoms with Crippen molar-refractivity contribution in [3.8, 4) is 28.1 Å². The van der Waals surface area contributed by atoms with Crippen molar-refractivity contribution in [2.24, 2.45) is 0 Å². The molecule has 0 aliphatic carbocycles. The molecule has 5 rings (SSSR count). The molecule has 1 aliphatic heterocycles. The van der Waals surface area contributed by atoms with Gasteiger partial charge in [0, 0.05) is 30.7 Å². The molecule has 2 aromatic heterocycles. The van der Waals surface area contributed by atoms with Gasteiger partial charge in [-0.05, 0) is 49.0 Å². The molecule has 0 atom stereocenters. The minimum absolute atomic E-state index is 0.689. The summed E-state index contributed by atoms with van der Waals surface area (Å²) in [5, 5.41) is 1.63. The van der Waals surface area contributed by atoms with E-state index in [-0.39, 0.29) is 0 Å². The highest BCUT2D eigenvalue weighted by atomic mass is 35.5. The fourth-order valence-electron chi connectivity index (χ4n) is 4.23. The summed E-state index contributed by atoms with van der Waals surface area (Å²) in [4.78, 5) is 12.5. The van der Waals surface area contributed by atoms with Gasteiger partial charge in [-0.25, -0.2) is 4.98 Å². The maximum atomic E-state index is 6.67. The fourth-order valence-corrected chi connectivity index (χ4v) is 4.47. The molecule has 5 nitrogen and oxygen atoms in total. The Morgan fingerprint density at radius 3 is 2.65 bits per heavy atom. The molecule has 0 fully saturated rings. The van der Waals surface area contributed by atoms with Gasteiger partial charge in [0.2, 0.25) is 0 Å². The van der Waals surface area contributed by atoms with Crippen molar-refractivity contribution in [2.45, 2.75) is 6.54 Å². The van der Waals surface area contributed by atoms with Crippen LogP contribution in [0.25, 0.3) is 33.4 Å². The smallest absolute Gasteiger partial charge is 0.142 e. The lowest BCUT2D eigenvalue weighted by atomic mass is 9.97. The number of rotatable bonds is 4. The Morgan fingerprint density at radius 1 is 1.10 bits per heavy atom. The summed E-state index contributed by atoms with van der Waals surface area (Å²) < 4.78 is 5.85. The zero-order valence-corrected chi connectivity index (χ0v) is 18.7. The topological polar surface area (TPSA) is 44.4 Å². The van der Waals surface area contributed by atoms with Gasteiger partial charge in [0.25, 0.3) is 0 Å². The van der Waals surface area contributed by atoms with Crippen LogP contribution >= 0.6 is 11.6 Å². The minimum Gasteiger partial charge on any atom is -0.490 e. The molecule has 31 heavy (non-hydrogen) atoms. The van der Waals surface area contributed by atoms with Gasteiger partial charge in [-0.2, -0.15) is 0 Å². The Kier molecular flexibility index (Phi) is 5.08. The molecule has 1 N–H and O–H groups in total. The van der Waals surface area contributed by atoms with Crippen molar-refractivity contribution >= 4 is 28.3 Å². The van der Waals surface area contributed by atoms with E-state index in [2.05, 4.69) is 77.3 Å². The van der Waals surface area contributed by atoms with E-state index in [1.807, 2.05) is 12.1 Å². The third-order valence-corrected chi connectivity index (χ3v) is 6.04. The number of aromatic nitrogens is 2. The van der Waals surface area contributed by atoms with Crippen LogP contribution in [-0.4, -0.2) is 49.2 Å². The number of aromatic amines is 1. The van der Waals surface area contributed by atoms with Crippen LogP contribution in [0, 0.1) is 0 Å². The molecule has 1 aliphatic rings. The molecule has 3 heterocycles. The van der Waals surface area contributed by atoms with Crippen molar-refractivity contribution in [1.82, 2.24) is 14.9 Å². The average Bonchev–Trinajstić information content (AvgIpc) is 3.15. The number of benzene rings is 2. The number of hydrogen-bond donors (Lipinski definition) is 1. The Bertz CT molecular complexity index is 1250. The van der Waals surface area contributed by atoms with Crippen LogP contribution in [0.4, 0.5) is 5.69 Å². The van der Waals surface area contributed by atoms with Crippen molar-refractivity contribution in [1.29, 1.82) is 0 Å². The number of H-pyrrole nitrogens is 1. The number of ether oxygens (including phenoxy) is 1. The summed E-state index contributed by atoms with van der Waals surface area (Å²) in [7, 11) is 6.25. The van der Waals surface area contributed by atoms with E-state index in [0.29, 0.717) is 11.6 Å².